The van der Waals surface area contributed by atoms with Crippen LogP contribution in [0.25, 0.3) is 0 Å². The van der Waals surface area contributed by atoms with Crippen LogP contribution in [-0.4, -0.2) is 13.5 Å². The van der Waals surface area contributed by atoms with Gasteiger partial charge in [0.05, 0.1) is 17.2 Å². The van der Waals surface area contributed by atoms with Crippen molar-refractivity contribution in [2.75, 3.05) is 4.72 Å². The van der Waals surface area contributed by atoms with Crippen molar-refractivity contribution in [2.45, 2.75) is 32.3 Å². The molecular weight excluding hydrogens is 294 g/mol. The number of nitrogens with one attached hydrogen (secondary N) is 1. The maximum absolute atomic E-state index is 12.5. The molecule has 2 rings (SSSR count). The fourth-order valence-electron chi connectivity index (χ4n) is 2.00. The van der Waals surface area contributed by atoms with E-state index in [-0.39, 0.29) is 11.5 Å². The second kappa shape index (κ2) is 5.55. The number of hydrogen-bond acceptors (Lipinski definition) is 4. The van der Waals surface area contributed by atoms with E-state index in [2.05, 4.69) is 4.72 Å². The number of aliphatic hydroxyl groups is 1. The standard InChI is InChI=1S/C14H17NO3S2/c1-9-4-5-10(2)12(6-9)15-20(17,18)14-11(3)8-19-13(14)7-16/h4-6,8,15-16H,7H2,1-3H3. The molecule has 2 N–H and O–H groups in total. The zero-order chi connectivity index (χ0) is 14.9. The summed E-state index contributed by atoms with van der Waals surface area (Å²) in [5.41, 5.74) is 3.06. The molecule has 1 heterocycles. The van der Waals surface area contributed by atoms with Gasteiger partial charge >= 0.3 is 0 Å². The first-order valence-corrected chi connectivity index (χ1v) is 8.49. The highest BCUT2D eigenvalue weighted by atomic mass is 32.2. The molecule has 0 aliphatic heterocycles. The van der Waals surface area contributed by atoms with Crippen LogP contribution in [0.3, 0.4) is 0 Å². The monoisotopic (exact) mass is 311 g/mol. The molecule has 0 saturated carbocycles. The molecule has 0 radical (unpaired) electrons. The van der Waals surface area contributed by atoms with Crippen LogP contribution >= 0.6 is 11.3 Å². The molecule has 0 spiro atoms. The van der Waals surface area contributed by atoms with Gasteiger partial charge in [0.25, 0.3) is 10.0 Å². The summed E-state index contributed by atoms with van der Waals surface area (Å²) in [4.78, 5) is 0.645. The average molecular weight is 311 g/mol. The van der Waals surface area contributed by atoms with Gasteiger partial charge in [-0.15, -0.1) is 11.3 Å². The molecule has 4 nitrogen and oxygen atoms in total. The summed E-state index contributed by atoms with van der Waals surface area (Å²) in [6.07, 6.45) is 0. The van der Waals surface area contributed by atoms with Gasteiger partial charge in [-0.25, -0.2) is 8.42 Å². The minimum atomic E-state index is -3.68. The zero-order valence-electron chi connectivity index (χ0n) is 11.6. The molecule has 0 aliphatic rings. The van der Waals surface area contributed by atoms with Crippen LogP contribution in [0.2, 0.25) is 0 Å². The van der Waals surface area contributed by atoms with E-state index in [1.54, 1.807) is 18.4 Å². The average Bonchev–Trinajstić information content (AvgIpc) is 2.75. The predicted octanol–water partition coefficient (Wildman–Crippen LogP) is 2.97. The van der Waals surface area contributed by atoms with Crippen LogP contribution < -0.4 is 4.72 Å². The van der Waals surface area contributed by atoms with Crippen LogP contribution in [-0.2, 0) is 16.6 Å². The minimum Gasteiger partial charge on any atom is -0.391 e. The Kier molecular flexibility index (Phi) is 4.17. The van der Waals surface area contributed by atoms with Crippen LogP contribution in [0.5, 0.6) is 0 Å². The lowest BCUT2D eigenvalue weighted by molar-refractivity contribution is 0.282. The second-order valence-corrected chi connectivity index (χ2v) is 7.34. The third-order valence-electron chi connectivity index (χ3n) is 3.04. The summed E-state index contributed by atoms with van der Waals surface area (Å²) in [6.45, 7) is 5.21. The largest absolute Gasteiger partial charge is 0.391 e. The van der Waals surface area contributed by atoms with Gasteiger partial charge < -0.3 is 5.11 Å². The molecule has 108 valence electrons. The van der Waals surface area contributed by atoms with Crippen LogP contribution in [0.1, 0.15) is 21.6 Å². The summed E-state index contributed by atoms with van der Waals surface area (Å²) >= 11 is 1.25. The van der Waals surface area contributed by atoms with E-state index in [4.69, 9.17) is 0 Å². The fraction of sp³-hybridized carbons (Fsp3) is 0.286. The number of sulfonamides is 1. The zero-order valence-corrected chi connectivity index (χ0v) is 13.2. The molecule has 1 aromatic carbocycles. The van der Waals surface area contributed by atoms with Gasteiger partial charge in [0.1, 0.15) is 4.90 Å². The first-order valence-electron chi connectivity index (χ1n) is 6.13. The summed E-state index contributed by atoms with van der Waals surface area (Å²) in [7, 11) is -3.68. The van der Waals surface area contributed by atoms with Crippen molar-refractivity contribution in [1.29, 1.82) is 0 Å². The minimum absolute atomic E-state index is 0.186. The number of benzene rings is 1. The number of hydrogen-bond donors (Lipinski definition) is 2. The van der Waals surface area contributed by atoms with Crippen LogP contribution in [0, 0.1) is 20.8 Å². The third kappa shape index (κ3) is 2.87. The molecule has 2 aromatic rings. The maximum Gasteiger partial charge on any atom is 0.263 e. The topological polar surface area (TPSA) is 66.4 Å². The van der Waals surface area contributed by atoms with Gasteiger partial charge in [-0.2, -0.15) is 0 Å². The summed E-state index contributed by atoms with van der Waals surface area (Å²) < 4.78 is 27.6. The number of anilines is 1. The van der Waals surface area contributed by atoms with E-state index >= 15 is 0 Å². The van der Waals surface area contributed by atoms with Gasteiger partial charge in [0.15, 0.2) is 0 Å². The Hall–Kier alpha value is -1.37. The summed E-state index contributed by atoms with van der Waals surface area (Å²) in [6, 6.07) is 5.61. The van der Waals surface area contributed by atoms with Crippen molar-refractivity contribution >= 4 is 27.0 Å². The SMILES string of the molecule is Cc1ccc(C)c(NS(=O)(=O)c2c(C)csc2CO)c1. The van der Waals surface area contributed by atoms with Crippen molar-refractivity contribution in [2.24, 2.45) is 0 Å². The van der Waals surface area contributed by atoms with E-state index in [1.165, 1.54) is 11.3 Å². The first kappa shape index (κ1) is 15.0. The molecule has 1 aromatic heterocycles. The summed E-state index contributed by atoms with van der Waals surface area (Å²) in [5, 5.41) is 11.0. The lowest BCUT2D eigenvalue weighted by Crippen LogP contribution is -2.15. The van der Waals surface area contributed by atoms with E-state index < -0.39 is 10.0 Å². The molecule has 0 saturated heterocycles. The molecule has 0 bridgehead atoms. The number of aliphatic hydroxyl groups excluding tert-OH is 1. The van der Waals surface area contributed by atoms with Crippen LogP contribution in [0.4, 0.5) is 5.69 Å². The second-order valence-electron chi connectivity index (χ2n) is 4.75. The normalized spacial score (nSPS) is 11.6. The summed E-state index contributed by atoms with van der Waals surface area (Å²) in [5.74, 6) is 0. The van der Waals surface area contributed by atoms with Crippen molar-refractivity contribution in [1.82, 2.24) is 0 Å². The number of rotatable bonds is 4. The van der Waals surface area contributed by atoms with E-state index in [0.29, 0.717) is 16.1 Å². The predicted molar refractivity (Wildman–Crippen MR) is 81.7 cm³/mol. The maximum atomic E-state index is 12.5. The first-order chi connectivity index (χ1) is 9.35. The van der Waals surface area contributed by atoms with Crippen molar-refractivity contribution in [3.8, 4) is 0 Å². The van der Waals surface area contributed by atoms with E-state index in [1.807, 2.05) is 26.0 Å². The van der Waals surface area contributed by atoms with Crippen LogP contribution in [0.15, 0.2) is 28.5 Å². The third-order valence-corrected chi connectivity index (χ3v) is 5.85. The lowest BCUT2D eigenvalue weighted by Gasteiger charge is -2.12. The quantitative estimate of drug-likeness (QED) is 0.912. The Labute approximate surface area is 123 Å². The Bertz CT molecular complexity index is 733. The number of aryl methyl sites for hydroxylation is 3. The Morgan fingerprint density at radius 2 is 1.90 bits per heavy atom. The molecule has 0 fully saturated rings. The van der Waals surface area contributed by atoms with E-state index in [0.717, 1.165) is 11.1 Å². The van der Waals surface area contributed by atoms with Crippen molar-refractivity contribution in [3.05, 3.63) is 45.1 Å². The van der Waals surface area contributed by atoms with Gasteiger partial charge in [-0.3, -0.25) is 4.72 Å². The van der Waals surface area contributed by atoms with Crippen molar-refractivity contribution < 1.29 is 13.5 Å². The highest BCUT2D eigenvalue weighted by Crippen LogP contribution is 2.29. The van der Waals surface area contributed by atoms with E-state index in [9.17, 15) is 13.5 Å². The molecule has 0 atom stereocenters. The molecule has 20 heavy (non-hydrogen) atoms. The molecule has 0 aliphatic carbocycles. The molecule has 0 amide bonds. The van der Waals surface area contributed by atoms with Crippen molar-refractivity contribution in [3.63, 3.8) is 0 Å². The van der Waals surface area contributed by atoms with Gasteiger partial charge in [-0.05, 0) is 48.9 Å². The van der Waals surface area contributed by atoms with Gasteiger partial charge in [0.2, 0.25) is 0 Å². The fourth-order valence-corrected chi connectivity index (χ4v) is 4.79. The Morgan fingerprint density at radius 1 is 1.20 bits per heavy atom. The smallest absolute Gasteiger partial charge is 0.263 e. The molecule has 0 unspecified atom stereocenters. The van der Waals surface area contributed by atoms with Gasteiger partial charge in [-0.1, -0.05) is 12.1 Å². The lowest BCUT2D eigenvalue weighted by atomic mass is 10.1. The highest BCUT2D eigenvalue weighted by molar-refractivity contribution is 7.93. The highest BCUT2D eigenvalue weighted by Gasteiger charge is 2.23. The molecule has 6 heteroatoms. The molecular formula is C14H17NO3S2. The Morgan fingerprint density at radius 3 is 2.55 bits per heavy atom. The number of thiophene rings is 1. The van der Waals surface area contributed by atoms with Gasteiger partial charge in [0, 0.05) is 0 Å². The Balaban J connectivity index is 2.46.